The van der Waals surface area contributed by atoms with Gasteiger partial charge in [0.1, 0.15) is 5.82 Å². The van der Waals surface area contributed by atoms with Gasteiger partial charge in [0.2, 0.25) is 0 Å². The standard InChI is InChI=1S/C17H24FNO3/c18-14-5-6-17-13(9-14)3-1-7-19(17)10-15(20)11-21-12-16-4-2-8-22-16/h5-6,9,15-16,20H,1-4,7-8,10-12H2. The molecule has 0 amide bonds. The molecule has 122 valence electrons. The lowest BCUT2D eigenvalue weighted by Gasteiger charge is -2.33. The average molecular weight is 309 g/mol. The maximum atomic E-state index is 13.3. The third-order valence-electron chi connectivity index (χ3n) is 4.33. The van der Waals surface area contributed by atoms with Crippen molar-refractivity contribution in [2.45, 2.75) is 37.9 Å². The molecule has 0 aliphatic carbocycles. The predicted octanol–water partition coefficient (Wildman–Crippen LogP) is 2.13. The summed E-state index contributed by atoms with van der Waals surface area (Å²) in [5.41, 5.74) is 2.06. The molecule has 2 aliphatic heterocycles. The highest BCUT2D eigenvalue weighted by Crippen LogP contribution is 2.27. The van der Waals surface area contributed by atoms with Crippen molar-refractivity contribution in [2.75, 3.05) is 37.8 Å². The fourth-order valence-corrected chi connectivity index (χ4v) is 3.25. The van der Waals surface area contributed by atoms with Crippen molar-refractivity contribution >= 4 is 5.69 Å². The van der Waals surface area contributed by atoms with Crippen molar-refractivity contribution in [1.82, 2.24) is 0 Å². The smallest absolute Gasteiger partial charge is 0.123 e. The monoisotopic (exact) mass is 309 g/mol. The Balaban J connectivity index is 1.48. The lowest BCUT2D eigenvalue weighted by atomic mass is 10.0. The summed E-state index contributed by atoms with van der Waals surface area (Å²) in [6.45, 7) is 3.09. The van der Waals surface area contributed by atoms with Crippen molar-refractivity contribution in [3.63, 3.8) is 0 Å². The van der Waals surface area contributed by atoms with Gasteiger partial charge in [0.25, 0.3) is 0 Å². The topological polar surface area (TPSA) is 41.9 Å². The third kappa shape index (κ3) is 3.97. The van der Waals surface area contributed by atoms with Gasteiger partial charge in [-0.15, -0.1) is 0 Å². The van der Waals surface area contributed by atoms with Gasteiger partial charge >= 0.3 is 0 Å². The van der Waals surface area contributed by atoms with E-state index in [1.165, 1.54) is 6.07 Å². The number of nitrogens with zero attached hydrogens (tertiary/aromatic N) is 1. The Bertz CT molecular complexity index is 491. The van der Waals surface area contributed by atoms with Crippen LogP contribution >= 0.6 is 0 Å². The van der Waals surface area contributed by atoms with Crippen molar-refractivity contribution in [2.24, 2.45) is 0 Å². The van der Waals surface area contributed by atoms with E-state index in [1.54, 1.807) is 6.07 Å². The number of aryl methyl sites for hydroxylation is 1. The molecular weight excluding hydrogens is 285 g/mol. The molecule has 1 N–H and O–H groups in total. The molecule has 2 unspecified atom stereocenters. The number of hydrogen-bond donors (Lipinski definition) is 1. The minimum atomic E-state index is -0.544. The van der Waals surface area contributed by atoms with E-state index in [0.717, 1.165) is 50.1 Å². The van der Waals surface area contributed by atoms with E-state index in [9.17, 15) is 9.50 Å². The molecule has 0 aromatic heterocycles. The zero-order valence-corrected chi connectivity index (χ0v) is 12.8. The van der Waals surface area contributed by atoms with Crippen molar-refractivity contribution in [3.8, 4) is 0 Å². The number of hydrogen-bond acceptors (Lipinski definition) is 4. The van der Waals surface area contributed by atoms with Crippen LogP contribution in [0.15, 0.2) is 18.2 Å². The SMILES string of the molecule is OC(COCC1CCCO1)CN1CCCc2cc(F)ccc21. The van der Waals surface area contributed by atoms with Gasteiger partial charge in [0.15, 0.2) is 0 Å². The van der Waals surface area contributed by atoms with Gasteiger partial charge in [-0.1, -0.05) is 0 Å². The molecule has 0 saturated carbocycles. The van der Waals surface area contributed by atoms with Crippen molar-refractivity contribution < 1.29 is 19.0 Å². The molecule has 0 radical (unpaired) electrons. The summed E-state index contributed by atoms with van der Waals surface area (Å²) in [7, 11) is 0. The fraction of sp³-hybridized carbons (Fsp3) is 0.647. The van der Waals surface area contributed by atoms with Gasteiger partial charge in [-0.05, 0) is 49.4 Å². The Labute approximate surface area is 130 Å². The second-order valence-electron chi connectivity index (χ2n) is 6.15. The number of benzene rings is 1. The third-order valence-corrected chi connectivity index (χ3v) is 4.33. The molecule has 5 heteroatoms. The summed E-state index contributed by atoms with van der Waals surface area (Å²) in [4.78, 5) is 2.12. The van der Waals surface area contributed by atoms with Crippen LogP contribution in [0, 0.1) is 5.82 Å². The summed E-state index contributed by atoms with van der Waals surface area (Å²) in [6.07, 6.45) is 3.66. The van der Waals surface area contributed by atoms with Gasteiger partial charge in [0, 0.05) is 25.4 Å². The van der Waals surface area contributed by atoms with Gasteiger partial charge in [-0.25, -0.2) is 4.39 Å². The first-order chi connectivity index (χ1) is 10.7. The van der Waals surface area contributed by atoms with Crippen LogP contribution in [-0.4, -0.2) is 50.2 Å². The number of ether oxygens (including phenoxy) is 2. The number of aliphatic hydroxyl groups is 1. The molecule has 22 heavy (non-hydrogen) atoms. The number of aliphatic hydroxyl groups excluding tert-OH is 1. The van der Waals surface area contributed by atoms with Crippen molar-refractivity contribution in [3.05, 3.63) is 29.6 Å². The summed E-state index contributed by atoms with van der Waals surface area (Å²) in [5, 5.41) is 10.2. The van der Waals surface area contributed by atoms with E-state index in [-0.39, 0.29) is 11.9 Å². The number of β-amino-alcohol motifs (C(OH)–C–C–N with tert-alkyl or cyclic N) is 1. The molecule has 3 rings (SSSR count). The first-order valence-electron chi connectivity index (χ1n) is 8.13. The molecule has 2 aliphatic rings. The molecule has 1 aromatic rings. The molecule has 1 fully saturated rings. The summed E-state index contributed by atoms with van der Waals surface area (Å²) in [5.74, 6) is -0.193. The number of anilines is 1. The largest absolute Gasteiger partial charge is 0.389 e. The maximum Gasteiger partial charge on any atom is 0.123 e. The Morgan fingerprint density at radius 3 is 3.14 bits per heavy atom. The minimum Gasteiger partial charge on any atom is -0.389 e. The second kappa shape index (κ2) is 7.40. The molecular formula is C17H24FNO3. The fourth-order valence-electron chi connectivity index (χ4n) is 3.25. The normalized spacial score (nSPS) is 22.6. The number of fused-ring (bicyclic) bond motifs is 1. The van der Waals surface area contributed by atoms with E-state index >= 15 is 0 Å². The highest BCUT2D eigenvalue weighted by Gasteiger charge is 2.21. The zero-order valence-electron chi connectivity index (χ0n) is 12.8. The predicted molar refractivity (Wildman–Crippen MR) is 82.7 cm³/mol. The van der Waals surface area contributed by atoms with Gasteiger partial charge in [-0.2, -0.15) is 0 Å². The molecule has 1 aromatic carbocycles. The number of rotatable bonds is 6. The van der Waals surface area contributed by atoms with Crippen LogP contribution in [0.5, 0.6) is 0 Å². The van der Waals surface area contributed by atoms with E-state index in [2.05, 4.69) is 4.90 Å². The first-order valence-corrected chi connectivity index (χ1v) is 8.13. The van der Waals surface area contributed by atoms with Crippen LogP contribution in [0.3, 0.4) is 0 Å². The number of halogens is 1. The Kier molecular flexibility index (Phi) is 5.28. The van der Waals surface area contributed by atoms with Gasteiger partial charge < -0.3 is 19.5 Å². The molecule has 1 saturated heterocycles. The Hall–Kier alpha value is -1.17. The maximum absolute atomic E-state index is 13.3. The highest BCUT2D eigenvalue weighted by atomic mass is 19.1. The van der Waals surface area contributed by atoms with E-state index < -0.39 is 6.10 Å². The lowest BCUT2D eigenvalue weighted by molar-refractivity contribution is -0.0150. The molecule has 2 heterocycles. The summed E-state index contributed by atoms with van der Waals surface area (Å²) < 4.78 is 24.4. The minimum absolute atomic E-state index is 0.186. The van der Waals surface area contributed by atoms with E-state index in [0.29, 0.717) is 19.8 Å². The van der Waals surface area contributed by atoms with E-state index in [4.69, 9.17) is 9.47 Å². The van der Waals surface area contributed by atoms with Crippen LogP contribution in [0.4, 0.5) is 10.1 Å². The van der Waals surface area contributed by atoms with E-state index in [1.807, 2.05) is 6.07 Å². The molecule has 2 atom stereocenters. The Morgan fingerprint density at radius 2 is 2.32 bits per heavy atom. The molecule has 4 nitrogen and oxygen atoms in total. The Morgan fingerprint density at radius 1 is 1.41 bits per heavy atom. The van der Waals surface area contributed by atoms with Crippen molar-refractivity contribution in [1.29, 1.82) is 0 Å². The quantitative estimate of drug-likeness (QED) is 0.874. The van der Waals surface area contributed by atoms with Crippen LogP contribution in [0.1, 0.15) is 24.8 Å². The summed E-state index contributed by atoms with van der Waals surface area (Å²) >= 11 is 0. The zero-order chi connectivity index (χ0) is 15.4. The van der Waals surface area contributed by atoms with Gasteiger partial charge in [0.05, 0.1) is 25.4 Å². The lowest BCUT2D eigenvalue weighted by Crippen LogP contribution is -2.38. The van der Waals surface area contributed by atoms with Crippen LogP contribution in [-0.2, 0) is 15.9 Å². The highest BCUT2D eigenvalue weighted by molar-refractivity contribution is 5.55. The summed E-state index contributed by atoms with van der Waals surface area (Å²) in [6, 6.07) is 4.89. The molecule has 0 bridgehead atoms. The average Bonchev–Trinajstić information content (AvgIpc) is 3.00. The first kappa shape index (κ1) is 15.7. The second-order valence-corrected chi connectivity index (χ2v) is 6.15. The van der Waals surface area contributed by atoms with Crippen LogP contribution in [0.25, 0.3) is 0 Å². The van der Waals surface area contributed by atoms with Crippen LogP contribution in [0.2, 0.25) is 0 Å². The molecule has 0 spiro atoms. The van der Waals surface area contributed by atoms with Crippen LogP contribution < -0.4 is 4.90 Å². The van der Waals surface area contributed by atoms with Gasteiger partial charge in [-0.3, -0.25) is 0 Å².